The van der Waals surface area contributed by atoms with Crippen LogP contribution in [0.5, 0.6) is 5.75 Å². The molecule has 3 N–H and O–H groups in total. The summed E-state index contributed by atoms with van der Waals surface area (Å²) < 4.78 is 5.75. The Labute approximate surface area is 159 Å². The van der Waals surface area contributed by atoms with Crippen molar-refractivity contribution < 1.29 is 9.53 Å². The van der Waals surface area contributed by atoms with Crippen molar-refractivity contribution in [3.8, 4) is 5.75 Å². The molecule has 0 radical (unpaired) electrons. The number of H-pyrrole nitrogens is 1. The Kier molecular flexibility index (Phi) is 5.28. The van der Waals surface area contributed by atoms with Crippen molar-refractivity contribution in [2.75, 3.05) is 19.7 Å². The van der Waals surface area contributed by atoms with Gasteiger partial charge in [-0.15, -0.1) is 0 Å². The van der Waals surface area contributed by atoms with E-state index >= 15 is 0 Å². The van der Waals surface area contributed by atoms with Crippen molar-refractivity contribution in [2.24, 2.45) is 0 Å². The van der Waals surface area contributed by atoms with Crippen molar-refractivity contribution in [3.63, 3.8) is 0 Å². The molecule has 0 saturated heterocycles. The van der Waals surface area contributed by atoms with Crippen LogP contribution in [0.2, 0.25) is 0 Å². The minimum absolute atomic E-state index is 0.160. The lowest BCUT2D eigenvalue weighted by molar-refractivity contribution is 0.236. The van der Waals surface area contributed by atoms with Gasteiger partial charge < -0.3 is 20.4 Å². The van der Waals surface area contributed by atoms with E-state index in [1.807, 2.05) is 24.4 Å². The summed E-state index contributed by atoms with van der Waals surface area (Å²) in [6.45, 7) is 1.55. The first kappa shape index (κ1) is 17.5. The maximum Gasteiger partial charge on any atom is 0.314 e. The fourth-order valence-corrected chi connectivity index (χ4v) is 3.68. The molecule has 0 saturated carbocycles. The number of ether oxygens (including phenoxy) is 1. The molecule has 2 amide bonds. The minimum atomic E-state index is -0.160. The number of para-hydroxylation sites is 1. The normalized spacial score (nSPS) is 12.7. The second-order valence-corrected chi connectivity index (χ2v) is 6.92. The van der Waals surface area contributed by atoms with Crippen LogP contribution < -0.4 is 15.4 Å². The van der Waals surface area contributed by atoms with Crippen LogP contribution in [0.4, 0.5) is 4.79 Å². The number of carbonyl (C=O) groups excluding carboxylic acids is 1. The number of hydrogen-bond donors (Lipinski definition) is 3. The molecule has 5 nitrogen and oxygen atoms in total. The SMILES string of the molecule is O=C(NCCOc1ccc2c(c1)CCC2)NCCc1c[nH]c2ccccc12. The average molecular weight is 363 g/mol. The highest BCUT2D eigenvalue weighted by Gasteiger charge is 2.11. The molecule has 0 spiro atoms. The second kappa shape index (κ2) is 8.16. The summed E-state index contributed by atoms with van der Waals surface area (Å²) in [7, 11) is 0. The summed E-state index contributed by atoms with van der Waals surface area (Å²) in [5.41, 5.74) is 5.18. The number of urea groups is 1. The molecule has 4 rings (SSSR count). The first-order valence-corrected chi connectivity index (χ1v) is 9.61. The summed E-state index contributed by atoms with van der Waals surface area (Å²) in [5.74, 6) is 0.886. The Balaban J connectivity index is 1.15. The van der Waals surface area contributed by atoms with Gasteiger partial charge >= 0.3 is 6.03 Å². The van der Waals surface area contributed by atoms with Crippen molar-refractivity contribution in [2.45, 2.75) is 25.7 Å². The molecule has 0 unspecified atom stereocenters. The third-order valence-electron chi connectivity index (χ3n) is 5.08. The molecule has 0 atom stereocenters. The lowest BCUT2D eigenvalue weighted by atomic mass is 10.1. The number of rotatable bonds is 7. The zero-order valence-corrected chi connectivity index (χ0v) is 15.4. The van der Waals surface area contributed by atoms with Crippen molar-refractivity contribution in [1.82, 2.24) is 15.6 Å². The van der Waals surface area contributed by atoms with Crippen LogP contribution in [0.15, 0.2) is 48.7 Å². The molecule has 0 fully saturated rings. The highest BCUT2D eigenvalue weighted by molar-refractivity contribution is 5.83. The summed E-state index contributed by atoms with van der Waals surface area (Å²) in [4.78, 5) is 15.2. The Hall–Kier alpha value is -2.95. The maximum absolute atomic E-state index is 11.9. The van der Waals surface area contributed by atoms with Gasteiger partial charge in [-0.25, -0.2) is 4.79 Å². The van der Waals surface area contributed by atoms with Crippen LogP contribution in [-0.2, 0) is 19.3 Å². The molecule has 0 aliphatic heterocycles. The molecule has 1 aromatic heterocycles. The number of carbonyl (C=O) groups is 1. The van der Waals surface area contributed by atoms with Gasteiger partial charge in [0.15, 0.2) is 0 Å². The van der Waals surface area contributed by atoms with Crippen LogP contribution in [0.3, 0.4) is 0 Å². The fourth-order valence-electron chi connectivity index (χ4n) is 3.68. The predicted octanol–water partition coefficient (Wildman–Crippen LogP) is 3.58. The highest BCUT2D eigenvalue weighted by atomic mass is 16.5. The Morgan fingerprint density at radius 2 is 1.89 bits per heavy atom. The van der Waals surface area contributed by atoms with E-state index in [4.69, 9.17) is 4.74 Å². The van der Waals surface area contributed by atoms with Crippen LogP contribution in [0, 0.1) is 0 Å². The number of hydrogen-bond acceptors (Lipinski definition) is 2. The van der Waals surface area contributed by atoms with Crippen molar-refractivity contribution in [1.29, 1.82) is 0 Å². The molecule has 27 heavy (non-hydrogen) atoms. The minimum Gasteiger partial charge on any atom is -0.492 e. The average Bonchev–Trinajstić information content (AvgIpc) is 3.32. The summed E-state index contributed by atoms with van der Waals surface area (Å²) >= 11 is 0. The van der Waals surface area contributed by atoms with E-state index in [1.54, 1.807) is 0 Å². The number of nitrogens with one attached hydrogen (secondary N) is 3. The largest absolute Gasteiger partial charge is 0.492 e. The smallest absolute Gasteiger partial charge is 0.314 e. The van der Waals surface area contributed by atoms with Crippen LogP contribution in [0.25, 0.3) is 10.9 Å². The quantitative estimate of drug-likeness (QED) is 0.562. The molecule has 140 valence electrons. The van der Waals surface area contributed by atoms with Gasteiger partial charge in [-0.3, -0.25) is 0 Å². The number of fused-ring (bicyclic) bond motifs is 2. The van der Waals surface area contributed by atoms with Gasteiger partial charge in [-0.05, 0) is 60.6 Å². The van der Waals surface area contributed by atoms with Crippen LogP contribution in [-0.4, -0.2) is 30.7 Å². The predicted molar refractivity (Wildman–Crippen MR) is 107 cm³/mol. The van der Waals surface area contributed by atoms with Gasteiger partial charge in [0.2, 0.25) is 0 Å². The van der Waals surface area contributed by atoms with Gasteiger partial charge in [-0.1, -0.05) is 24.3 Å². The molecule has 3 aromatic rings. The molecule has 2 aromatic carbocycles. The summed E-state index contributed by atoms with van der Waals surface area (Å²) in [5, 5.41) is 6.95. The highest BCUT2D eigenvalue weighted by Crippen LogP contribution is 2.25. The van der Waals surface area contributed by atoms with Crippen molar-refractivity contribution in [3.05, 3.63) is 65.4 Å². The maximum atomic E-state index is 11.9. The van der Waals surface area contributed by atoms with Crippen LogP contribution >= 0.6 is 0 Å². The number of aryl methyl sites for hydroxylation is 2. The van der Waals surface area contributed by atoms with E-state index in [-0.39, 0.29) is 6.03 Å². The Morgan fingerprint density at radius 1 is 1.04 bits per heavy atom. The van der Waals surface area contributed by atoms with Gasteiger partial charge in [0.25, 0.3) is 0 Å². The van der Waals surface area contributed by atoms with Gasteiger partial charge in [-0.2, -0.15) is 0 Å². The van der Waals surface area contributed by atoms with E-state index in [1.165, 1.54) is 34.9 Å². The fraction of sp³-hybridized carbons (Fsp3) is 0.318. The first-order chi connectivity index (χ1) is 13.3. The Bertz CT molecular complexity index is 932. The third kappa shape index (κ3) is 4.25. The molecule has 1 aliphatic carbocycles. The molecular formula is C22H25N3O2. The lowest BCUT2D eigenvalue weighted by Crippen LogP contribution is -2.38. The van der Waals surface area contributed by atoms with Gasteiger partial charge in [0, 0.05) is 23.6 Å². The monoisotopic (exact) mass is 363 g/mol. The number of aromatic nitrogens is 1. The summed E-state index contributed by atoms with van der Waals surface area (Å²) in [6.07, 6.45) is 6.36. The van der Waals surface area contributed by atoms with Crippen molar-refractivity contribution >= 4 is 16.9 Å². The second-order valence-electron chi connectivity index (χ2n) is 6.92. The zero-order chi connectivity index (χ0) is 18.5. The third-order valence-corrected chi connectivity index (χ3v) is 5.08. The standard InChI is InChI=1S/C22H25N3O2/c26-22(23-11-10-18-15-25-21-7-2-1-6-20(18)21)24-12-13-27-19-9-8-16-4-3-5-17(16)14-19/h1-2,6-9,14-15,25H,3-5,10-13H2,(H2,23,24,26). The summed E-state index contributed by atoms with van der Waals surface area (Å²) in [6, 6.07) is 14.3. The van der Waals surface area contributed by atoms with E-state index in [0.717, 1.165) is 24.1 Å². The van der Waals surface area contributed by atoms with Crippen LogP contribution in [0.1, 0.15) is 23.1 Å². The molecule has 1 aliphatic rings. The van der Waals surface area contributed by atoms with E-state index < -0.39 is 0 Å². The lowest BCUT2D eigenvalue weighted by Gasteiger charge is -2.10. The van der Waals surface area contributed by atoms with E-state index in [2.05, 4.69) is 39.9 Å². The number of benzene rings is 2. The molecule has 5 heteroatoms. The molecular weight excluding hydrogens is 338 g/mol. The first-order valence-electron chi connectivity index (χ1n) is 9.61. The van der Waals surface area contributed by atoms with E-state index in [0.29, 0.717) is 19.7 Å². The zero-order valence-electron chi connectivity index (χ0n) is 15.4. The topological polar surface area (TPSA) is 66.2 Å². The Morgan fingerprint density at radius 3 is 2.85 bits per heavy atom. The van der Waals surface area contributed by atoms with Gasteiger partial charge in [0.05, 0.1) is 6.54 Å². The molecule has 0 bridgehead atoms. The number of amides is 2. The molecule has 1 heterocycles. The van der Waals surface area contributed by atoms with Gasteiger partial charge in [0.1, 0.15) is 12.4 Å². The van der Waals surface area contributed by atoms with E-state index in [9.17, 15) is 4.79 Å². The number of aromatic amines is 1.